The number of nitrogens with one attached hydrogen (secondary N) is 1. The summed E-state index contributed by atoms with van der Waals surface area (Å²) < 4.78 is 0. The Morgan fingerprint density at radius 2 is 1.95 bits per heavy atom. The first-order valence-electron chi connectivity index (χ1n) is 6.79. The van der Waals surface area contributed by atoms with Gasteiger partial charge in [0, 0.05) is 13.1 Å². The van der Waals surface area contributed by atoms with Gasteiger partial charge in [0.2, 0.25) is 0 Å². The molecule has 0 saturated heterocycles. The number of urea groups is 1. The fourth-order valence-electron chi connectivity index (χ4n) is 2.55. The van der Waals surface area contributed by atoms with Crippen molar-refractivity contribution in [3.63, 3.8) is 0 Å². The first-order valence-corrected chi connectivity index (χ1v) is 6.79. The van der Waals surface area contributed by atoms with Crippen molar-refractivity contribution in [3.05, 3.63) is 0 Å². The third-order valence-electron chi connectivity index (χ3n) is 3.75. The number of rotatable bonds is 5. The van der Waals surface area contributed by atoms with Gasteiger partial charge in [-0.15, -0.1) is 0 Å². The predicted octanol–water partition coefficient (Wildman–Crippen LogP) is 1.13. The Morgan fingerprint density at radius 3 is 2.45 bits per heavy atom. The van der Waals surface area contributed by atoms with Crippen LogP contribution in [0.3, 0.4) is 0 Å². The first kappa shape index (κ1) is 16.3. The Balaban J connectivity index is 2.58. The van der Waals surface area contributed by atoms with Crippen molar-refractivity contribution >= 4 is 18.0 Å². The van der Waals surface area contributed by atoms with Crippen molar-refractivity contribution in [1.82, 2.24) is 10.2 Å². The van der Waals surface area contributed by atoms with E-state index < -0.39 is 30.4 Å². The summed E-state index contributed by atoms with van der Waals surface area (Å²) in [6.45, 7) is 2.13. The van der Waals surface area contributed by atoms with Crippen LogP contribution < -0.4 is 5.32 Å². The molecule has 7 nitrogen and oxygen atoms in total. The standard InChI is InChI=1S/C13H22N2O5/c1-8-4-3-5-9(6-8)15(2)13(20)14-10(12(18)19)7-11(16)17/h8-10H,3-7H2,1-2H3,(H,14,20)(H,16,17)(H,18,19)/t8?,9?,10-/m1/s1. The zero-order chi connectivity index (χ0) is 15.3. The lowest BCUT2D eigenvalue weighted by atomic mass is 9.86. The van der Waals surface area contributed by atoms with Crippen molar-refractivity contribution in [2.45, 2.75) is 51.1 Å². The lowest BCUT2D eigenvalue weighted by Crippen LogP contribution is -2.51. The molecular weight excluding hydrogens is 264 g/mol. The molecule has 0 aromatic rings. The molecule has 114 valence electrons. The van der Waals surface area contributed by atoms with Gasteiger partial charge < -0.3 is 20.4 Å². The van der Waals surface area contributed by atoms with Gasteiger partial charge in [-0.25, -0.2) is 9.59 Å². The largest absolute Gasteiger partial charge is 0.481 e. The van der Waals surface area contributed by atoms with Crippen LogP contribution in [0.25, 0.3) is 0 Å². The molecule has 0 aliphatic heterocycles. The maximum Gasteiger partial charge on any atom is 0.326 e. The number of carbonyl (C=O) groups is 3. The number of hydrogen-bond acceptors (Lipinski definition) is 3. The van der Waals surface area contributed by atoms with Crippen LogP contribution in [0.1, 0.15) is 39.0 Å². The molecule has 1 aliphatic carbocycles. The zero-order valence-corrected chi connectivity index (χ0v) is 11.8. The van der Waals surface area contributed by atoms with E-state index in [0.29, 0.717) is 5.92 Å². The van der Waals surface area contributed by atoms with Crippen molar-refractivity contribution in [2.24, 2.45) is 5.92 Å². The van der Waals surface area contributed by atoms with Gasteiger partial charge in [-0.2, -0.15) is 0 Å². The number of nitrogens with zero attached hydrogens (tertiary/aromatic N) is 1. The highest BCUT2D eigenvalue weighted by molar-refractivity contribution is 5.86. The average Bonchev–Trinajstić information content (AvgIpc) is 2.36. The second-order valence-electron chi connectivity index (χ2n) is 5.47. The number of aliphatic carboxylic acids is 2. The fourth-order valence-corrected chi connectivity index (χ4v) is 2.55. The Labute approximate surface area is 117 Å². The van der Waals surface area contributed by atoms with E-state index in [9.17, 15) is 14.4 Å². The maximum atomic E-state index is 12.0. The molecule has 0 aromatic carbocycles. The lowest BCUT2D eigenvalue weighted by molar-refractivity contribution is -0.145. The molecular formula is C13H22N2O5. The summed E-state index contributed by atoms with van der Waals surface area (Å²) in [7, 11) is 1.62. The first-order chi connectivity index (χ1) is 9.31. The molecule has 7 heteroatoms. The van der Waals surface area contributed by atoms with Gasteiger partial charge in [-0.1, -0.05) is 19.8 Å². The van der Waals surface area contributed by atoms with Gasteiger partial charge in [0.15, 0.2) is 0 Å². The monoisotopic (exact) mass is 286 g/mol. The minimum atomic E-state index is -1.40. The second kappa shape index (κ2) is 7.12. The van der Waals surface area contributed by atoms with E-state index >= 15 is 0 Å². The minimum Gasteiger partial charge on any atom is -0.481 e. The van der Waals surface area contributed by atoms with Crippen LogP contribution >= 0.6 is 0 Å². The van der Waals surface area contributed by atoms with E-state index in [4.69, 9.17) is 10.2 Å². The highest BCUT2D eigenvalue weighted by Crippen LogP contribution is 2.26. The van der Waals surface area contributed by atoms with Gasteiger partial charge in [-0.05, 0) is 18.8 Å². The van der Waals surface area contributed by atoms with Crippen molar-refractivity contribution in [1.29, 1.82) is 0 Å². The molecule has 0 bridgehead atoms. The Kier molecular flexibility index (Phi) is 5.79. The number of carboxylic acids is 2. The number of hydrogen-bond donors (Lipinski definition) is 3. The SMILES string of the molecule is CC1CCCC(N(C)C(=O)N[C@H](CC(=O)O)C(=O)O)C1. The lowest BCUT2D eigenvalue weighted by Gasteiger charge is -2.34. The summed E-state index contributed by atoms with van der Waals surface area (Å²) in [6.07, 6.45) is 3.34. The molecule has 20 heavy (non-hydrogen) atoms. The molecule has 3 N–H and O–H groups in total. The molecule has 0 radical (unpaired) electrons. The summed E-state index contributed by atoms with van der Waals surface area (Å²) in [5, 5.41) is 19.8. The van der Waals surface area contributed by atoms with Gasteiger partial charge in [0.25, 0.3) is 0 Å². The summed E-state index contributed by atoms with van der Waals surface area (Å²) in [5.41, 5.74) is 0. The fraction of sp³-hybridized carbons (Fsp3) is 0.769. The van der Waals surface area contributed by atoms with Crippen LogP contribution in [0, 0.1) is 5.92 Å². The van der Waals surface area contributed by atoms with E-state index in [2.05, 4.69) is 12.2 Å². The second-order valence-corrected chi connectivity index (χ2v) is 5.47. The third-order valence-corrected chi connectivity index (χ3v) is 3.75. The normalized spacial score (nSPS) is 23.7. The average molecular weight is 286 g/mol. The molecule has 2 unspecified atom stereocenters. The minimum absolute atomic E-state index is 0.0815. The summed E-state index contributed by atoms with van der Waals surface area (Å²) in [4.78, 5) is 35.0. The molecule has 1 rings (SSSR count). The molecule has 2 amide bonds. The van der Waals surface area contributed by atoms with Crippen molar-refractivity contribution < 1.29 is 24.6 Å². The topological polar surface area (TPSA) is 107 Å². The van der Waals surface area contributed by atoms with Gasteiger partial charge in [-0.3, -0.25) is 4.79 Å². The van der Waals surface area contributed by atoms with Crippen LogP contribution in [0.5, 0.6) is 0 Å². The van der Waals surface area contributed by atoms with Crippen LogP contribution in [0.15, 0.2) is 0 Å². The van der Waals surface area contributed by atoms with E-state index in [1.54, 1.807) is 7.05 Å². The van der Waals surface area contributed by atoms with E-state index in [1.807, 2.05) is 0 Å². The quantitative estimate of drug-likeness (QED) is 0.702. The van der Waals surface area contributed by atoms with Gasteiger partial charge in [0.05, 0.1) is 6.42 Å². The smallest absolute Gasteiger partial charge is 0.326 e. The number of amides is 2. The van der Waals surface area contributed by atoms with Crippen molar-refractivity contribution in [3.8, 4) is 0 Å². The summed E-state index contributed by atoms with van der Waals surface area (Å²) >= 11 is 0. The van der Waals surface area contributed by atoms with Crippen LogP contribution in [0.4, 0.5) is 4.79 Å². The molecule has 0 heterocycles. The zero-order valence-electron chi connectivity index (χ0n) is 11.8. The van der Waals surface area contributed by atoms with Crippen LogP contribution in [-0.2, 0) is 9.59 Å². The highest BCUT2D eigenvalue weighted by atomic mass is 16.4. The maximum absolute atomic E-state index is 12.0. The van der Waals surface area contributed by atoms with Gasteiger partial charge in [0.1, 0.15) is 6.04 Å². The molecule has 1 fully saturated rings. The highest BCUT2D eigenvalue weighted by Gasteiger charge is 2.29. The van der Waals surface area contributed by atoms with Crippen LogP contribution in [0.2, 0.25) is 0 Å². The number of carboxylic acid groups (broad SMARTS) is 2. The Hall–Kier alpha value is -1.79. The molecule has 3 atom stereocenters. The number of carbonyl (C=O) groups excluding carboxylic acids is 1. The van der Waals surface area contributed by atoms with E-state index in [1.165, 1.54) is 4.90 Å². The Morgan fingerprint density at radius 1 is 1.30 bits per heavy atom. The predicted molar refractivity (Wildman–Crippen MR) is 71.4 cm³/mol. The van der Waals surface area contributed by atoms with E-state index in [0.717, 1.165) is 25.7 Å². The summed E-state index contributed by atoms with van der Waals surface area (Å²) in [5.74, 6) is -2.06. The van der Waals surface area contributed by atoms with E-state index in [-0.39, 0.29) is 6.04 Å². The Bertz CT molecular complexity index is 385. The molecule has 1 saturated carbocycles. The molecule has 0 spiro atoms. The van der Waals surface area contributed by atoms with Crippen LogP contribution in [-0.4, -0.2) is 52.2 Å². The molecule has 1 aliphatic rings. The molecule has 0 aromatic heterocycles. The summed E-state index contributed by atoms with van der Waals surface area (Å²) in [6, 6.07) is -1.85. The van der Waals surface area contributed by atoms with Crippen molar-refractivity contribution in [2.75, 3.05) is 7.05 Å². The van der Waals surface area contributed by atoms with Gasteiger partial charge >= 0.3 is 18.0 Å². The third kappa shape index (κ3) is 4.71.